The molecule has 54 heavy (non-hydrogen) atoms. The molecule has 288 valence electrons. The van der Waals surface area contributed by atoms with Crippen molar-refractivity contribution < 1.29 is 23.9 Å². The van der Waals surface area contributed by atoms with Crippen molar-refractivity contribution in [2.75, 3.05) is 51.0 Å². The van der Waals surface area contributed by atoms with Crippen molar-refractivity contribution in [2.24, 2.45) is 0 Å². The van der Waals surface area contributed by atoms with Gasteiger partial charge < -0.3 is 35.2 Å². The highest BCUT2D eigenvalue weighted by atomic mass is 16.5. The van der Waals surface area contributed by atoms with Crippen LogP contribution >= 0.6 is 0 Å². The zero-order chi connectivity index (χ0) is 39.4. The number of amides is 3. The molecule has 3 aromatic carbocycles. The highest BCUT2D eigenvalue weighted by molar-refractivity contribution is 6.06. The molecular formula is C42H55N7O5. The van der Waals surface area contributed by atoms with Crippen LogP contribution in [0, 0.1) is 20.8 Å². The number of carbonyl (C=O) groups excluding carboxylic acids is 3. The summed E-state index contributed by atoms with van der Waals surface area (Å²) in [4.78, 5) is 52.4. The number of hydrogen-bond acceptors (Lipinski definition) is 9. The molecule has 0 saturated heterocycles. The van der Waals surface area contributed by atoms with Crippen molar-refractivity contribution in [3.63, 3.8) is 0 Å². The number of anilines is 3. The number of nitrogens with zero attached hydrogens (tertiary/aromatic N) is 4. The molecule has 1 heterocycles. The van der Waals surface area contributed by atoms with Gasteiger partial charge in [0, 0.05) is 55.7 Å². The summed E-state index contributed by atoms with van der Waals surface area (Å²) in [6.07, 6.45) is 3.12. The van der Waals surface area contributed by atoms with Gasteiger partial charge >= 0.3 is 0 Å². The second kappa shape index (κ2) is 19.5. The third-order valence-corrected chi connectivity index (χ3v) is 9.39. The van der Waals surface area contributed by atoms with Crippen molar-refractivity contribution in [3.8, 4) is 17.4 Å². The molecule has 12 heteroatoms. The maximum Gasteiger partial charge on any atom is 0.262 e. The molecule has 0 aliphatic rings. The average molecular weight is 738 g/mol. The molecule has 0 saturated carbocycles. The molecule has 0 radical (unpaired) electrons. The van der Waals surface area contributed by atoms with Gasteiger partial charge in [-0.2, -0.15) is 4.98 Å². The fourth-order valence-electron chi connectivity index (χ4n) is 5.96. The van der Waals surface area contributed by atoms with E-state index < -0.39 is 5.91 Å². The van der Waals surface area contributed by atoms with E-state index in [2.05, 4.69) is 44.7 Å². The molecule has 0 spiro atoms. The average Bonchev–Trinajstić information content (AvgIpc) is 3.16. The normalized spacial score (nSPS) is 11.5. The van der Waals surface area contributed by atoms with E-state index in [0.29, 0.717) is 47.8 Å². The number of aryl methyl sites for hydroxylation is 4. The molecule has 4 rings (SSSR count). The van der Waals surface area contributed by atoms with Crippen LogP contribution in [0.15, 0.2) is 60.8 Å². The summed E-state index contributed by atoms with van der Waals surface area (Å²) in [6.45, 7) is 17.4. The Balaban J connectivity index is 1.59. The quantitative estimate of drug-likeness (QED) is 0.0950. The predicted molar refractivity (Wildman–Crippen MR) is 214 cm³/mol. The summed E-state index contributed by atoms with van der Waals surface area (Å²) in [5.41, 5.74) is 5.86. The van der Waals surface area contributed by atoms with Crippen LogP contribution in [0.2, 0.25) is 0 Å². The van der Waals surface area contributed by atoms with E-state index in [4.69, 9.17) is 9.47 Å². The number of methoxy groups -OCH3 is 1. The first-order valence-electron chi connectivity index (χ1n) is 18.6. The zero-order valence-electron chi connectivity index (χ0n) is 33.1. The lowest BCUT2D eigenvalue weighted by atomic mass is 10.0. The van der Waals surface area contributed by atoms with Gasteiger partial charge in [-0.15, -0.1) is 0 Å². The standard InChI is InChI=1S/C42H55N7O5/c1-10-30(7)44-37(50)20-14-31-13-19-35(36(25-31)53-9)54-40-34(39(51)46-38-28(5)23-27(4)24-29(38)6)26-43-42(47-40)45-33-17-15-32(16-18-33)41(52)48(8)21-22-49(11-2)12-3/h13,15-19,23-26,30H,10-12,14,20-22H2,1-9H3,(H,44,50)(H,46,51)(H,43,45,47)/t30-/m1/s1. The van der Waals surface area contributed by atoms with E-state index in [-0.39, 0.29) is 35.2 Å². The van der Waals surface area contributed by atoms with E-state index >= 15 is 0 Å². The first-order chi connectivity index (χ1) is 25.8. The number of ether oxygens (including phenoxy) is 2. The molecule has 0 bridgehead atoms. The minimum Gasteiger partial charge on any atom is -0.493 e. The Kier molecular flexibility index (Phi) is 14.9. The van der Waals surface area contributed by atoms with E-state index in [1.165, 1.54) is 13.3 Å². The van der Waals surface area contributed by atoms with Gasteiger partial charge in [-0.05, 0) is 107 Å². The molecule has 0 aliphatic carbocycles. The monoisotopic (exact) mass is 737 g/mol. The first-order valence-corrected chi connectivity index (χ1v) is 18.6. The summed E-state index contributed by atoms with van der Waals surface area (Å²) in [7, 11) is 3.34. The Labute approximate surface area is 319 Å². The number of nitrogens with one attached hydrogen (secondary N) is 3. The zero-order valence-corrected chi connectivity index (χ0v) is 33.1. The maximum atomic E-state index is 13.8. The van der Waals surface area contributed by atoms with Crippen LogP contribution in [0.3, 0.4) is 0 Å². The first kappa shape index (κ1) is 41.3. The number of likely N-dealkylation sites (N-methyl/N-ethyl adjacent to an activating group) is 2. The summed E-state index contributed by atoms with van der Waals surface area (Å²) in [5.74, 6) is 0.419. The lowest BCUT2D eigenvalue weighted by Gasteiger charge is -2.23. The van der Waals surface area contributed by atoms with Crippen LogP contribution < -0.4 is 25.4 Å². The molecule has 1 aromatic heterocycles. The fraction of sp³-hybridized carbons (Fsp3) is 0.405. The van der Waals surface area contributed by atoms with Gasteiger partial charge in [0.25, 0.3) is 11.8 Å². The number of carbonyl (C=O) groups is 3. The van der Waals surface area contributed by atoms with Crippen molar-refractivity contribution in [1.29, 1.82) is 0 Å². The summed E-state index contributed by atoms with van der Waals surface area (Å²) in [6, 6.07) is 16.6. The third-order valence-electron chi connectivity index (χ3n) is 9.39. The van der Waals surface area contributed by atoms with Crippen molar-refractivity contribution >= 4 is 35.0 Å². The Hall–Kier alpha value is -5.49. The number of aromatic nitrogens is 2. The number of benzene rings is 3. The van der Waals surface area contributed by atoms with Crippen LogP contribution in [0.4, 0.5) is 17.3 Å². The predicted octanol–water partition coefficient (Wildman–Crippen LogP) is 7.46. The Morgan fingerprint density at radius 3 is 2.20 bits per heavy atom. The second-order valence-corrected chi connectivity index (χ2v) is 13.6. The van der Waals surface area contributed by atoms with Gasteiger partial charge in [-0.3, -0.25) is 14.4 Å². The fourth-order valence-corrected chi connectivity index (χ4v) is 5.96. The van der Waals surface area contributed by atoms with Gasteiger partial charge in [0.2, 0.25) is 17.7 Å². The summed E-state index contributed by atoms with van der Waals surface area (Å²) < 4.78 is 12.0. The van der Waals surface area contributed by atoms with Gasteiger partial charge in [-0.1, -0.05) is 44.5 Å². The van der Waals surface area contributed by atoms with Crippen molar-refractivity contribution in [2.45, 2.75) is 73.8 Å². The van der Waals surface area contributed by atoms with Crippen LogP contribution in [-0.4, -0.2) is 83.9 Å². The molecule has 1 atom stereocenters. The minimum absolute atomic E-state index is 0.00743. The van der Waals surface area contributed by atoms with Gasteiger partial charge in [-0.25, -0.2) is 4.98 Å². The molecule has 0 aliphatic heterocycles. The topological polar surface area (TPSA) is 138 Å². The smallest absolute Gasteiger partial charge is 0.262 e. The number of hydrogen-bond donors (Lipinski definition) is 3. The van der Waals surface area contributed by atoms with Crippen LogP contribution in [-0.2, 0) is 11.2 Å². The van der Waals surface area contributed by atoms with Crippen LogP contribution in [0.5, 0.6) is 17.4 Å². The van der Waals surface area contributed by atoms with Crippen LogP contribution in [0.1, 0.15) is 83.5 Å². The lowest BCUT2D eigenvalue weighted by Crippen LogP contribution is -2.36. The largest absolute Gasteiger partial charge is 0.493 e. The lowest BCUT2D eigenvalue weighted by molar-refractivity contribution is -0.121. The highest BCUT2D eigenvalue weighted by Gasteiger charge is 2.21. The highest BCUT2D eigenvalue weighted by Crippen LogP contribution is 2.34. The van der Waals surface area contributed by atoms with Gasteiger partial charge in [0.15, 0.2) is 11.5 Å². The van der Waals surface area contributed by atoms with Gasteiger partial charge in [0.1, 0.15) is 5.56 Å². The molecule has 0 unspecified atom stereocenters. The van der Waals surface area contributed by atoms with Crippen molar-refractivity contribution in [1.82, 2.24) is 25.1 Å². The summed E-state index contributed by atoms with van der Waals surface area (Å²) in [5, 5.41) is 9.18. The Bertz CT molecular complexity index is 1890. The molecule has 12 nitrogen and oxygen atoms in total. The van der Waals surface area contributed by atoms with E-state index in [1.54, 1.807) is 35.2 Å². The van der Waals surface area contributed by atoms with E-state index in [0.717, 1.165) is 48.3 Å². The molecular weight excluding hydrogens is 683 g/mol. The summed E-state index contributed by atoms with van der Waals surface area (Å²) >= 11 is 0. The van der Waals surface area contributed by atoms with Crippen molar-refractivity contribution in [3.05, 3.63) is 94.2 Å². The Morgan fingerprint density at radius 1 is 0.889 bits per heavy atom. The Morgan fingerprint density at radius 2 is 1.57 bits per heavy atom. The second-order valence-electron chi connectivity index (χ2n) is 13.6. The third kappa shape index (κ3) is 11.3. The molecule has 3 N–H and O–H groups in total. The maximum absolute atomic E-state index is 13.8. The molecule has 3 amide bonds. The van der Waals surface area contributed by atoms with E-state index in [9.17, 15) is 14.4 Å². The number of rotatable bonds is 18. The molecule has 4 aromatic rings. The molecule has 0 fully saturated rings. The van der Waals surface area contributed by atoms with E-state index in [1.807, 2.05) is 65.9 Å². The minimum atomic E-state index is -0.442. The van der Waals surface area contributed by atoms with Crippen LogP contribution in [0.25, 0.3) is 0 Å². The van der Waals surface area contributed by atoms with Gasteiger partial charge in [0.05, 0.1) is 7.11 Å². The SMILES string of the molecule is CC[C@@H](C)NC(=O)CCc1ccc(Oc2nc(Nc3ccc(C(=O)N(C)CCN(CC)CC)cc3)ncc2C(=O)Nc2c(C)cc(C)cc2C)c(OC)c1.